The monoisotopic (exact) mass is 397 g/mol. The molecule has 0 saturated carbocycles. The number of aromatic nitrogens is 2. The van der Waals surface area contributed by atoms with E-state index in [-0.39, 0.29) is 41.9 Å². The van der Waals surface area contributed by atoms with E-state index in [0.717, 1.165) is 23.0 Å². The summed E-state index contributed by atoms with van der Waals surface area (Å²) in [6.45, 7) is 5.54. The van der Waals surface area contributed by atoms with Crippen molar-refractivity contribution in [3.05, 3.63) is 75.9 Å². The van der Waals surface area contributed by atoms with Crippen molar-refractivity contribution in [3.63, 3.8) is 0 Å². The second-order valence-electron chi connectivity index (χ2n) is 4.51. The van der Waals surface area contributed by atoms with Crippen LogP contribution in [0.5, 0.6) is 11.5 Å². The Labute approximate surface area is 162 Å². The third kappa shape index (κ3) is 7.02. The number of aromatic hydroxyl groups is 2. The summed E-state index contributed by atoms with van der Waals surface area (Å²) < 4.78 is 6.58. The van der Waals surface area contributed by atoms with Gasteiger partial charge in [-0.1, -0.05) is 12.5 Å². The van der Waals surface area contributed by atoms with Crippen molar-refractivity contribution in [2.75, 3.05) is 0 Å². The summed E-state index contributed by atoms with van der Waals surface area (Å²) in [6.07, 6.45) is 0.745. The molecular formula is C16H18N4O3SV. The van der Waals surface area contributed by atoms with Gasteiger partial charge in [0.15, 0.2) is 0 Å². The fourth-order valence-corrected chi connectivity index (χ4v) is 1.87. The number of fused-ring (bicyclic) bond motifs is 1. The van der Waals surface area contributed by atoms with E-state index in [2.05, 4.69) is 35.4 Å². The maximum Gasteiger partial charge on any atom is 4.00 e. The molecule has 2 aromatic carbocycles. The molecule has 0 aliphatic heterocycles. The summed E-state index contributed by atoms with van der Waals surface area (Å²) in [5, 5.41) is 18.3. The number of aromatic amines is 2. The summed E-state index contributed by atoms with van der Waals surface area (Å²) in [7, 11) is 0. The first-order valence-corrected chi connectivity index (χ1v) is 7.01. The second-order valence-corrected chi connectivity index (χ2v) is 4.51. The molecule has 1 heterocycles. The zero-order chi connectivity index (χ0) is 17.4. The van der Waals surface area contributed by atoms with Gasteiger partial charge >= 0.3 is 24.2 Å². The first kappa shape index (κ1) is 25.0. The van der Waals surface area contributed by atoms with E-state index in [1.807, 2.05) is 6.92 Å². The zero-order valence-electron chi connectivity index (χ0n) is 13.5. The van der Waals surface area contributed by atoms with Gasteiger partial charge in [0, 0.05) is 5.75 Å². The van der Waals surface area contributed by atoms with Crippen LogP contribution in [0.4, 0.5) is 0 Å². The number of nitrogens with two attached hydrogens (primary N) is 1. The molecule has 6 N–H and O–H groups in total. The van der Waals surface area contributed by atoms with E-state index < -0.39 is 0 Å². The Balaban J connectivity index is 0. The zero-order valence-corrected chi connectivity index (χ0v) is 15.7. The topological polar surface area (TPSA) is 145 Å². The largest absolute Gasteiger partial charge is 4.00 e. The average molecular weight is 397 g/mol. The van der Waals surface area contributed by atoms with Gasteiger partial charge in [0.25, 0.3) is 0 Å². The van der Waals surface area contributed by atoms with Crippen LogP contribution in [0.15, 0.2) is 35.1 Å². The smallest absolute Gasteiger partial charge is 0.742 e. The van der Waals surface area contributed by atoms with Crippen LogP contribution in [0.2, 0.25) is 0 Å². The Morgan fingerprint density at radius 2 is 1.80 bits per heavy atom. The Kier molecular flexibility index (Phi) is 12.2. The van der Waals surface area contributed by atoms with E-state index >= 15 is 0 Å². The quantitative estimate of drug-likeness (QED) is 0.466. The minimum absolute atomic E-state index is 0. The summed E-state index contributed by atoms with van der Waals surface area (Å²) in [5.74, 6) is 0.178. The van der Waals surface area contributed by atoms with Crippen molar-refractivity contribution in [1.29, 1.82) is 0 Å². The van der Waals surface area contributed by atoms with Crippen LogP contribution in [0.1, 0.15) is 18.1 Å². The molecule has 0 spiro atoms. The normalized spacial score (nSPS) is 8.68. The van der Waals surface area contributed by atoms with Gasteiger partial charge < -0.3 is 31.1 Å². The fraction of sp³-hybridized carbons (Fsp3) is 0.125. The van der Waals surface area contributed by atoms with Crippen molar-refractivity contribution in [3.8, 4) is 11.5 Å². The maximum absolute atomic E-state index is 10.7. The Bertz CT molecular complexity index is 800. The molecule has 0 atom stereocenters. The molecule has 1 radical (unpaired) electrons. The molecule has 131 valence electrons. The van der Waals surface area contributed by atoms with Crippen LogP contribution in [0.3, 0.4) is 0 Å². The van der Waals surface area contributed by atoms with Crippen LogP contribution in [-0.2, 0) is 37.4 Å². The van der Waals surface area contributed by atoms with E-state index in [4.69, 9.17) is 9.89 Å². The molecule has 0 bridgehead atoms. The van der Waals surface area contributed by atoms with Crippen LogP contribution < -0.4 is 5.69 Å². The Hall–Kier alpha value is -2.26. The molecule has 3 aromatic rings. The number of phenolic OH excluding ortho intramolecular Hbond substituents is 2. The van der Waals surface area contributed by atoms with E-state index in [0.29, 0.717) is 5.56 Å². The van der Waals surface area contributed by atoms with Gasteiger partial charge in [0.2, 0.25) is 0 Å². The number of aryl methyl sites for hydroxylation is 1. The predicted molar refractivity (Wildman–Crippen MR) is 97.4 cm³/mol. The number of nitrogens with one attached hydrogen (secondary N) is 2. The van der Waals surface area contributed by atoms with Crippen LogP contribution in [-0.4, -0.2) is 20.2 Å². The van der Waals surface area contributed by atoms with Gasteiger partial charge in [-0.3, -0.25) is 12.4 Å². The van der Waals surface area contributed by atoms with Crippen LogP contribution in [0.25, 0.3) is 22.0 Å². The van der Waals surface area contributed by atoms with Crippen LogP contribution >= 0.6 is 0 Å². The number of nitrogens with zero attached hydrogens (tertiary/aromatic N) is 1. The van der Waals surface area contributed by atoms with Gasteiger partial charge in [-0.25, -0.2) is 4.79 Å². The molecular weight excluding hydrogens is 379 g/mol. The van der Waals surface area contributed by atoms with Gasteiger partial charge in [-0.15, -0.1) is 6.07 Å². The standard InChI is InChI=1S/C9H11O2.C7H5N2O.NS.H2N.V/c1-3-7-4-6(2)8(10)5-9(7)11;10-7-8-5-3-1-2-4-6(5)9-7;1-2;;/h4-5,10-11H,2-3H2,1H3;1,3-4H,(H2,8,9,10);;1H2;/q4*-1;+4. The summed E-state index contributed by atoms with van der Waals surface area (Å²) in [5.41, 5.74) is 2.82. The third-order valence-corrected chi connectivity index (χ3v) is 3.02. The minimum atomic E-state index is -0.172. The molecule has 0 aliphatic carbocycles. The molecule has 0 saturated heterocycles. The van der Waals surface area contributed by atoms with Crippen molar-refractivity contribution in [2.24, 2.45) is 0 Å². The molecule has 3 rings (SSSR count). The molecule has 1 aromatic heterocycles. The van der Waals surface area contributed by atoms with Crippen molar-refractivity contribution >= 4 is 23.5 Å². The number of benzene rings is 2. The third-order valence-electron chi connectivity index (χ3n) is 3.02. The average Bonchev–Trinajstić information content (AvgIpc) is 2.93. The van der Waals surface area contributed by atoms with E-state index in [9.17, 15) is 9.90 Å². The summed E-state index contributed by atoms with van der Waals surface area (Å²) in [6, 6.07) is 11.1. The molecule has 0 fully saturated rings. The molecule has 0 aliphatic rings. The van der Waals surface area contributed by atoms with Gasteiger partial charge in [-0.05, 0) is 23.5 Å². The second kappa shape index (κ2) is 12.2. The van der Waals surface area contributed by atoms with E-state index in [1.165, 1.54) is 6.07 Å². The molecule has 0 unspecified atom stereocenters. The number of hydrogen-bond donors (Lipinski definition) is 4. The molecule has 25 heavy (non-hydrogen) atoms. The van der Waals surface area contributed by atoms with Crippen LogP contribution in [0, 0.1) is 13.0 Å². The molecule has 9 heteroatoms. The first-order valence-electron chi connectivity index (χ1n) is 6.64. The van der Waals surface area contributed by atoms with Gasteiger partial charge in [0.05, 0.1) is 5.75 Å². The van der Waals surface area contributed by atoms with Crippen molar-refractivity contribution in [2.45, 2.75) is 13.3 Å². The number of phenols is 2. The van der Waals surface area contributed by atoms with Crippen molar-refractivity contribution < 1.29 is 28.8 Å². The van der Waals surface area contributed by atoms with E-state index in [1.54, 1.807) is 24.3 Å². The Morgan fingerprint density at radius 3 is 2.36 bits per heavy atom. The number of H-pyrrole nitrogens is 2. The SMILES string of the molecule is O=c1[nH]c2c[c-]ccc2[nH]1.[CH2-]c1cc(CC)c(O)cc1O.[N-]=S.[NH2-].[V+4]. The number of imidazole rings is 1. The van der Waals surface area contributed by atoms with Gasteiger partial charge in [-0.2, -0.15) is 36.8 Å². The number of rotatable bonds is 1. The Morgan fingerprint density at radius 1 is 1.20 bits per heavy atom. The summed E-state index contributed by atoms with van der Waals surface area (Å²) >= 11 is 3.08. The molecule has 0 amide bonds. The van der Waals surface area contributed by atoms with Crippen molar-refractivity contribution in [1.82, 2.24) is 9.97 Å². The fourth-order valence-electron chi connectivity index (χ4n) is 1.87. The maximum atomic E-state index is 10.7. The van der Waals surface area contributed by atoms with Gasteiger partial charge in [0.1, 0.15) is 0 Å². The first-order chi connectivity index (χ1) is 11.0. The molecule has 7 nitrogen and oxygen atoms in total. The number of hydrogen-bond acceptors (Lipinski definition) is 4. The summed E-state index contributed by atoms with van der Waals surface area (Å²) in [4.78, 5) is 15.9. The minimum Gasteiger partial charge on any atom is -0.742 e. The predicted octanol–water partition coefficient (Wildman–Crippen LogP) is 3.50.